The van der Waals surface area contributed by atoms with E-state index >= 15 is 0 Å². The predicted octanol–water partition coefficient (Wildman–Crippen LogP) is 2.08. The van der Waals surface area contributed by atoms with Crippen LogP contribution in [0.4, 0.5) is 5.95 Å². The summed E-state index contributed by atoms with van der Waals surface area (Å²) in [4.78, 5) is 23.2. The van der Waals surface area contributed by atoms with Crippen LogP contribution in [0.5, 0.6) is 17.4 Å². The normalized spacial score (nSPS) is 15.8. The first-order valence-electron chi connectivity index (χ1n) is 10.1. The zero-order valence-electron chi connectivity index (χ0n) is 17.0. The molecule has 4 rings (SSSR count). The van der Waals surface area contributed by atoms with E-state index in [4.69, 9.17) is 14.2 Å². The molecule has 0 bridgehead atoms. The maximum absolute atomic E-state index is 12.1. The van der Waals surface area contributed by atoms with E-state index in [1.807, 2.05) is 25.1 Å². The molecule has 3 heterocycles. The summed E-state index contributed by atoms with van der Waals surface area (Å²) >= 11 is 0. The first-order chi connectivity index (χ1) is 14.7. The Bertz CT molecular complexity index is 928. The Hall–Kier alpha value is -3.36. The fourth-order valence-corrected chi connectivity index (χ4v) is 3.32. The molecule has 0 unspecified atom stereocenters. The number of aryl methyl sites for hydroxylation is 1. The summed E-state index contributed by atoms with van der Waals surface area (Å²) in [6.07, 6.45) is 5.05. The number of nitrogens with one attached hydrogen (secondary N) is 1. The summed E-state index contributed by atoms with van der Waals surface area (Å²) in [5.74, 6) is 2.04. The highest BCUT2D eigenvalue weighted by atomic mass is 16.6. The molecule has 1 saturated heterocycles. The van der Waals surface area contributed by atoms with E-state index in [2.05, 4.69) is 25.4 Å². The molecule has 0 radical (unpaired) electrons. The van der Waals surface area contributed by atoms with Crippen molar-refractivity contribution in [1.82, 2.24) is 15.4 Å². The van der Waals surface area contributed by atoms with Gasteiger partial charge in [0.25, 0.3) is 5.91 Å². The standard InChI is InChI=1S/C21H25N5O4/c1-15-11-20(24-21(23-15)26-7-3-2-4-8-26)30-14-19(27)25-22-13-16-5-6-17-18(12-16)29-10-9-28-17/h5-6,11-13H,2-4,7-10,14H2,1H3,(H,25,27). The summed E-state index contributed by atoms with van der Waals surface area (Å²) in [7, 11) is 0. The Labute approximate surface area is 175 Å². The number of piperidine rings is 1. The lowest BCUT2D eigenvalue weighted by Gasteiger charge is -2.26. The molecule has 1 aromatic carbocycles. The molecule has 1 aromatic heterocycles. The highest BCUT2D eigenvalue weighted by Gasteiger charge is 2.15. The molecular formula is C21H25N5O4. The van der Waals surface area contributed by atoms with E-state index in [1.54, 1.807) is 12.3 Å². The van der Waals surface area contributed by atoms with Crippen LogP contribution in [0.1, 0.15) is 30.5 Å². The van der Waals surface area contributed by atoms with Gasteiger partial charge in [-0.05, 0) is 49.9 Å². The van der Waals surface area contributed by atoms with Crippen molar-refractivity contribution in [2.24, 2.45) is 5.10 Å². The lowest BCUT2D eigenvalue weighted by molar-refractivity contribution is -0.123. The third-order valence-corrected chi connectivity index (χ3v) is 4.78. The van der Waals surface area contributed by atoms with Crippen molar-refractivity contribution < 1.29 is 19.0 Å². The molecule has 1 fully saturated rings. The van der Waals surface area contributed by atoms with Crippen molar-refractivity contribution in [3.8, 4) is 17.4 Å². The third kappa shape index (κ3) is 5.16. The summed E-state index contributed by atoms with van der Waals surface area (Å²) in [6, 6.07) is 7.19. The van der Waals surface area contributed by atoms with E-state index < -0.39 is 0 Å². The number of carbonyl (C=O) groups is 1. The van der Waals surface area contributed by atoms with Crippen LogP contribution >= 0.6 is 0 Å². The molecule has 9 nitrogen and oxygen atoms in total. The SMILES string of the molecule is Cc1cc(OCC(=O)NN=Cc2ccc3c(c2)OCCO3)nc(N2CCCCC2)n1. The number of amides is 1. The van der Waals surface area contributed by atoms with Gasteiger partial charge >= 0.3 is 0 Å². The second-order valence-corrected chi connectivity index (χ2v) is 7.18. The third-order valence-electron chi connectivity index (χ3n) is 4.78. The maximum atomic E-state index is 12.1. The minimum absolute atomic E-state index is 0.186. The van der Waals surface area contributed by atoms with E-state index in [9.17, 15) is 4.79 Å². The molecule has 2 aromatic rings. The topological polar surface area (TPSA) is 98.2 Å². The summed E-state index contributed by atoms with van der Waals surface area (Å²) in [5.41, 5.74) is 4.05. The summed E-state index contributed by atoms with van der Waals surface area (Å²) < 4.78 is 16.6. The van der Waals surface area contributed by atoms with Crippen LogP contribution in [0.2, 0.25) is 0 Å². The van der Waals surface area contributed by atoms with Crippen LogP contribution in [-0.2, 0) is 4.79 Å². The molecular weight excluding hydrogens is 386 g/mol. The first-order valence-corrected chi connectivity index (χ1v) is 10.1. The smallest absolute Gasteiger partial charge is 0.278 e. The van der Waals surface area contributed by atoms with E-state index in [-0.39, 0.29) is 12.5 Å². The average Bonchev–Trinajstić information content (AvgIpc) is 2.78. The number of carbonyl (C=O) groups excluding carboxylic acids is 1. The second kappa shape index (κ2) is 9.43. The number of aromatic nitrogens is 2. The highest BCUT2D eigenvalue weighted by Crippen LogP contribution is 2.30. The summed E-state index contributed by atoms with van der Waals surface area (Å²) in [6.45, 7) is 4.65. The van der Waals surface area contributed by atoms with Gasteiger partial charge in [-0.25, -0.2) is 10.4 Å². The molecule has 0 atom stereocenters. The Kier molecular flexibility index (Phi) is 6.26. The van der Waals surface area contributed by atoms with Gasteiger partial charge in [0.2, 0.25) is 11.8 Å². The quantitative estimate of drug-likeness (QED) is 0.574. The van der Waals surface area contributed by atoms with Gasteiger partial charge in [-0.1, -0.05) is 0 Å². The number of hydrogen-bond donors (Lipinski definition) is 1. The van der Waals surface area contributed by atoms with Crippen LogP contribution < -0.4 is 24.5 Å². The Morgan fingerprint density at radius 1 is 1.17 bits per heavy atom. The van der Waals surface area contributed by atoms with Crippen molar-refractivity contribution in [1.29, 1.82) is 0 Å². The Morgan fingerprint density at radius 3 is 2.80 bits per heavy atom. The predicted molar refractivity (Wildman–Crippen MR) is 111 cm³/mol. The minimum Gasteiger partial charge on any atom is -0.486 e. The minimum atomic E-state index is -0.375. The highest BCUT2D eigenvalue weighted by molar-refractivity contribution is 5.83. The number of fused-ring (bicyclic) bond motifs is 1. The van der Waals surface area contributed by atoms with E-state index in [0.29, 0.717) is 36.5 Å². The van der Waals surface area contributed by atoms with Crippen molar-refractivity contribution in [3.05, 3.63) is 35.5 Å². The number of nitrogens with zero attached hydrogens (tertiary/aromatic N) is 4. The zero-order valence-corrected chi connectivity index (χ0v) is 17.0. The number of rotatable bonds is 6. The lowest BCUT2D eigenvalue weighted by Crippen LogP contribution is -2.31. The monoisotopic (exact) mass is 411 g/mol. The van der Waals surface area contributed by atoms with Gasteiger partial charge < -0.3 is 19.1 Å². The van der Waals surface area contributed by atoms with Crippen LogP contribution in [0.25, 0.3) is 0 Å². The van der Waals surface area contributed by atoms with Crippen molar-refractivity contribution in [2.75, 3.05) is 37.8 Å². The van der Waals surface area contributed by atoms with Crippen LogP contribution in [0, 0.1) is 6.92 Å². The average molecular weight is 411 g/mol. The fraction of sp³-hybridized carbons (Fsp3) is 0.429. The van der Waals surface area contributed by atoms with Crippen molar-refractivity contribution in [3.63, 3.8) is 0 Å². The van der Waals surface area contributed by atoms with Crippen LogP contribution in [0.3, 0.4) is 0 Å². The molecule has 0 spiro atoms. The summed E-state index contributed by atoms with van der Waals surface area (Å²) in [5, 5.41) is 3.97. The lowest BCUT2D eigenvalue weighted by atomic mass is 10.1. The van der Waals surface area contributed by atoms with E-state index in [0.717, 1.165) is 37.2 Å². The van der Waals surface area contributed by atoms with Crippen molar-refractivity contribution >= 4 is 18.1 Å². The second-order valence-electron chi connectivity index (χ2n) is 7.18. The molecule has 2 aliphatic rings. The fourth-order valence-electron chi connectivity index (χ4n) is 3.32. The number of benzene rings is 1. The Morgan fingerprint density at radius 2 is 1.97 bits per heavy atom. The largest absolute Gasteiger partial charge is 0.486 e. The molecule has 2 aliphatic heterocycles. The molecule has 0 saturated carbocycles. The number of hydrogen-bond acceptors (Lipinski definition) is 8. The molecule has 1 amide bonds. The van der Waals surface area contributed by atoms with Gasteiger partial charge in [-0.2, -0.15) is 10.1 Å². The molecule has 0 aliphatic carbocycles. The molecule has 30 heavy (non-hydrogen) atoms. The van der Waals surface area contributed by atoms with Gasteiger partial charge in [0.1, 0.15) is 13.2 Å². The number of anilines is 1. The molecule has 1 N–H and O–H groups in total. The van der Waals surface area contributed by atoms with Crippen molar-refractivity contribution in [2.45, 2.75) is 26.2 Å². The van der Waals surface area contributed by atoms with Crippen LogP contribution in [0.15, 0.2) is 29.4 Å². The maximum Gasteiger partial charge on any atom is 0.278 e. The zero-order chi connectivity index (χ0) is 20.8. The van der Waals surface area contributed by atoms with Gasteiger partial charge in [0, 0.05) is 24.8 Å². The first kappa shape index (κ1) is 19.9. The van der Waals surface area contributed by atoms with Crippen LogP contribution in [-0.4, -0.2) is 55.0 Å². The van der Waals surface area contributed by atoms with E-state index in [1.165, 1.54) is 6.42 Å². The van der Waals surface area contributed by atoms with Gasteiger partial charge in [0.05, 0.1) is 6.21 Å². The van der Waals surface area contributed by atoms with Gasteiger partial charge in [0.15, 0.2) is 18.1 Å². The number of ether oxygens (including phenoxy) is 3. The number of hydrazone groups is 1. The Balaban J connectivity index is 1.29. The molecule has 9 heteroatoms. The van der Waals surface area contributed by atoms with Gasteiger partial charge in [-0.3, -0.25) is 4.79 Å². The molecule has 158 valence electrons. The van der Waals surface area contributed by atoms with Gasteiger partial charge in [-0.15, -0.1) is 0 Å².